The first kappa shape index (κ1) is 21.4. The first-order valence-corrected chi connectivity index (χ1v) is 11.1. The first-order valence-electron chi connectivity index (χ1n) is 11.1. The molecule has 3 N–H and O–H groups in total. The van der Waals surface area contributed by atoms with Crippen molar-refractivity contribution in [1.29, 1.82) is 0 Å². The minimum Gasteiger partial charge on any atom is -0.372 e. The maximum Gasteiger partial charge on any atom is 0.248 e. The van der Waals surface area contributed by atoms with Gasteiger partial charge in [0, 0.05) is 42.4 Å². The van der Waals surface area contributed by atoms with Crippen molar-refractivity contribution in [2.75, 3.05) is 23.3 Å². The molecular formula is C26H29N5O. The quantitative estimate of drug-likeness (QED) is 0.371. The van der Waals surface area contributed by atoms with Crippen LogP contribution in [0.5, 0.6) is 0 Å². The van der Waals surface area contributed by atoms with Crippen molar-refractivity contribution >= 4 is 28.6 Å². The van der Waals surface area contributed by atoms with E-state index in [2.05, 4.69) is 59.4 Å². The van der Waals surface area contributed by atoms with E-state index in [1.165, 1.54) is 5.69 Å². The zero-order valence-electron chi connectivity index (χ0n) is 18.6. The van der Waals surface area contributed by atoms with Gasteiger partial charge in [-0.3, -0.25) is 9.20 Å². The highest BCUT2D eigenvalue weighted by atomic mass is 16.1. The fourth-order valence-electron chi connectivity index (χ4n) is 3.97. The molecule has 164 valence electrons. The maximum atomic E-state index is 11.4. The summed E-state index contributed by atoms with van der Waals surface area (Å²) in [5.74, 6) is -0.428. The van der Waals surface area contributed by atoms with Gasteiger partial charge in [0.2, 0.25) is 5.91 Å². The summed E-state index contributed by atoms with van der Waals surface area (Å²) in [6.07, 6.45) is 6.00. The van der Waals surface area contributed by atoms with Gasteiger partial charge in [-0.2, -0.15) is 0 Å². The lowest BCUT2D eigenvalue weighted by molar-refractivity contribution is 0.100. The van der Waals surface area contributed by atoms with Crippen LogP contribution >= 0.6 is 0 Å². The molecule has 4 aromatic rings. The van der Waals surface area contributed by atoms with Crippen LogP contribution in [-0.2, 0) is 0 Å². The molecule has 32 heavy (non-hydrogen) atoms. The van der Waals surface area contributed by atoms with Gasteiger partial charge in [-0.05, 0) is 66.9 Å². The summed E-state index contributed by atoms with van der Waals surface area (Å²) < 4.78 is 2.04. The van der Waals surface area contributed by atoms with Crippen molar-refractivity contribution < 1.29 is 4.79 Å². The Kier molecular flexibility index (Phi) is 6.40. The van der Waals surface area contributed by atoms with Crippen molar-refractivity contribution in [3.05, 3.63) is 78.6 Å². The van der Waals surface area contributed by atoms with Crippen LogP contribution in [0.1, 0.15) is 37.0 Å². The van der Waals surface area contributed by atoms with E-state index in [0.29, 0.717) is 5.56 Å². The van der Waals surface area contributed by atoms with E-state index in [-0.39, 0.29) is 0 Å². The molecule has 0 unspecified atom stereocenters. The Hall–Kier alpha value is -3.80. The van der Waals surface area contributed by atoms with Crippen LogP contribution in [0.2, 0.25) is 0 Å². The molecule has 4 rings (SSSR count). The second-order valence-electron chi connectivity index (χ2n) is 7.85. The SMILES string of the molecule is CCCN(CCC)c1ccc(Nc2ccc(-c3ccc(C(N)=O)cc3)n3ccnc23)cc1. The predicted molar refractivity (Wildman–Crippen MR) is 132 cm³/mol. The average Bonchev–Trinajstić information content (AvgIpc) is 3.30. The van der Waals surface area contributed by atoms with E-state index in [9.17, 15) is 4.79 Å². The molecule has 6 nitrogen and oxygen atoms in total. The van der Waals surface area contributed by atoms with Crippen molar-refractivity contribution in [2.24, 2.45) is 5.73 Å². The summed E-state index contributed by atoms with van der Waals surface area (Å²) >= 11 is 0. The molecule has 0 radical (unpaired) electrons. The molecule has 6 heteroatoms. The number of anilines is 3. The number of primary amides is 1. The number of benzene rings is 2. The van der Waals surface area contributed by atoms with E-state index in [0.717, 1.165) is 54.2 Å². The Labute approximate surface area is 188 Å². The average molecular weight is 428 g/mol. The largest absolute Gasteiger partial charge is 0.372 e. The number of carbonyl (C=O) groups excluding carboxylic acids is 1. The minimum absolute atomic E-state index is 0.428. The third-order valence-electron chi connectivity index (χ3n) is 5.51. The fraction of sp³-hybridized carbons (Fsp3) is 0.231. The van der Waals surface area contributed by atoms with Gasteiger partial charge >= 0.3 is 0 Å². The molecule has 0 bridgehead atoms. The normalized spacial score (nSPS) is 10.9. The molecule has 2 heterocycles. The van der Waals surface area contributed by atoms with Gasteiger partial charge in [0.1, 0.15) is 0 Å². The number of amides is 1. The third kappa shape index (κ3) is 4.44. The zero-order valence-corrected chi connectivity index (χ0v) is 18.6. The van der Waals surface area contributed by atoms with Crippen molar-refractivity contribution in [3.8, 4) is 11.3 Å². The van der Waals surface area contributed by atoms with E-state index < -0.39 is 5.91 Å². The third-order valence-corrected chi connectivity index (χ3v) is 5.51. The molecule has 0 spiro atoms. The second-order valence-corrected chi connectivity index (χ2v) is 7.85. The molecule has 0 atom stereocenters. The Balaban J connectivity index is 1.59. The van der Waals surface area contributed by atoms with Crippen molar-refractivity contribution in [2.45, 2.75) is 26.7 Å². The van der Waals surface area contributed by atoms with E-state index in [4.69, 9.17) is 5.73 Å². The number of pyridine rings is 1. The monoisotopic (exact) mass is 427 g/mol. The Morgan fingerprint density at radius 1 is 0.969 bits per heavy atom. The van der Waals surface area contributed by atoms with Gasteiger partial charge in [0.05, 0.1) is 11.4 Å². The van der Waals surface area contributed by atoms with Crippen LogP contribution in [0, 0.1) is 0 Å². The van der Waals surface area contributed by atoms with Gasteiger partial charge in [-0.15, -0.1) is 0 Å². The van der Waals surface area contributed by atoms with Gasteiger partial charge in [-0.1, -0.05) is 26.0 Å². The van der Waals surface area contributed by atoms with E-state index >= 15 is 0 Å². The van der Waals surface area contributed by atoms with Crippen LogP contribution in [-0.4, -0.2) is 28.4 Å². The van der Waals surface area contributed by atoms with Crippen LogP contribution in [0.3, 0.4) is 0 Å². The van der Waals surface area contributed by atoms with Crippen LogP contribution in [0.25, 0.3) is 16.9 Å². The Morgan fingerprint density at radius 3 is 2.28 bits per heavy atom. The number of nitrogens with two attached hydrogens (primary N) is 1. The number of fused-ring (bicyclic) bond motifs is 1. The number of hydrogen-bond donors (Lipinski definition) is 2. The lowest BCUT2D eigenvalue weighted by Gasteiger charge is -2.24. The molecule has 0 aliphatic rings. The first-order chi connectivity index (χ1) is 15.6. The molecule has 2 aromatic heterocycles. The summed E-state index contributed by atoms with van der Waals surface area (Å²) in [6.45, 7) is 6.56. The maximum absolute atomic E-state index is 11.4. The van der Waals surface area contributed by atoms with Gasteiger partial charge in [0.25, 0.3) is 0 Å². The number of aromatic nitrogens is 2. The van der Waals surface area contributed by atoms with Crippen LogP contribution < -0.4 is 16.0 Å². The lowest BCUT2D eigenvalue weighted by atomic mass is 10.1. The summed E-state index contributed by atoms with van der Waals surface area (Å²) in [6, 6.07) is 20.0. The van der Waals surface area contributed by atoms with Crippen molar-refractivity contribution in [3.63, 3.8) is 0 Å². The molecule has 1 amide bonds. The zero-order chi connectivity index (χ0) is 22.5. The standard InChI is InChI=1S/C26H29N5O/c1-3-16-30(17-4-2)22-11-9-21(10-12-22)29-23-13-14-24(31-18-15-28-26(23)31)19-5-7-20(8-6-19)25(27)32/h5-15,18,29H,3-4,16-17H2,1-2H3,(H2,27,32). The Morgan fingerprint density at radius 2 is 1.66 bits per heavy atom. The number of nitrogens with zero attached hydrogens (tertiary/aromatic N) is 3. The molecule has 0 fully saturated rings. The molecule has 0 saturated carbocycles. The number of hydrogen-bond acceptors (Lipinski definition) is 4. The van der Waals surface area contributed by atoms with Gasteiger partial charge < -0.3 is 16.0 Å². The second kappa shape index (κ2) is 9.56. The summed E-state index contributed by atoms with van der Waals surface area (Å²) in [7, 11) is 0. The Bertz CT molecular complexity index is 1190. The molecule has 0 aliphatic carbocycles. The summed E-state index contributed by atoms with van der Waals surface area (Å²) in [5, 5.41) is 3.50. The van der Waals surface area contributed by atoms with Crippen LogP contribution in [0.4, 0.5) is 17.1 Å². The lowest BCUT2D eigenvalue weighted by Crippen LogP contribution is -2.24. The summed E-state index contributed by atoms with van der Waals surface area (Å²) in [4.78, 5) is 18.3. The topological polar surface area (TPSA) is 75.7 Å². The van der Waals surface area contributed by atoms with E-state index in [1.54, 1.807) is 18.3 Å². The number of rotatable bonds is 9. The highest BCUT2D eigenvalue weighted by molar-refractivity contribution is 5.93. The highest BCUT2D eigenvalue weighted by Gasteiger charge is 2.11. The number of carbonyl (C=O) groups is 1. The van der Waals surface area contributed by atoms with Gasteiger partial charge in [0.15, 0.2) is 5.65 Å². The molecular weight excluding hydrogens is 398 g/mol. The number of nitrogens with one attached hydrogen (secondary N) is 1. The predicted octanol–water partition coefficient (Wildman–Crippen LogP) is 5.47. The van der Waals surface area contributed by atoms with Gasteiger partial charge in [-0.25, -0.2) is 4.98 Å². The van der Waals surface area contributed by atoms with E-state index in [1.807, 2.05) is 28.8 Å². The summed E-state index contributed by atoms with van der Waals surface area (Å²) in [5.41, 5.74) is 11.9. The minimum atomic E-state index is -0.428. The fourth-order valence-corrected chi connectivity index (χ4v) is 3.97. The number of imidazole rings is 1. The van der Waals surface area contributed by atoms with Crippen molar-refractivity contribution in [1.82, 2.24) is 9.38 Å². The smallest absolute Gasteiger partial charge is 0.248 e. The van der Waals surface area contributed by atoms with Crippen LogP contribution in [0.15, 0.2) is 73.1 Å². The molecule has 0 saturated heterocycles. The molecule has 0 aliphatic heterocycles. The highest BCUT2D eigenvalue weighted by Crippen LogP contribution is 2.28. The molecule has 2 aromatic carbocycles.